The summed E-state index contributed by atoms with van der Waals surface area (Å²) in [5.74, 6) is 0. The molecule has 1 radical (unpaired) electrons. The van der Waals surface area contributed by atoms with Crippen LogP contribution < -0.4 is 10.6 Å². The molecule has 0 bridgehead atoms. The molecule has 2 N–H and O–H groups in total. The van der Waals surface area contributed by atoms with Gasteiger partial charge in [-0.15, -0.1) is 0 Å². The molecular weight excluding hydrogens is 447 g/mol. The minimum absolute atomic E-state index is 0. The van der Waals surface area contributed by atoms with E-state index in [1.165, 1.54) is 44.8 Å². The molecule has 0 aliphatic heterocycles. The quantitative estimate of drug-likeness (QED) is 0.348. The van der Waals surface area contributed by atoms with Crippen molar-refractivity contribution in [2.75, 3.05) is 36.8 Å². The number of benzene rings is 2. The molecule has 0 saturated carbocycles. The Bertz CT molecular complexity index is 924. The maximum atomic E-state index is 4.54. The molecule has 0 aliphatic carbocycles. The van der Waals surface area contributed by atoms with Gasteiger partial charge in [0.25, 0.3) is 0 Å². The van der Waals surface area contributed by atoms with Gasteiger partial charge in [-0.1, -0.05) is 41.5 Å². The Balaban J connectivity index is 0.00000385. The fourth-order valence-electron chi connectivity index (χ4n) is 4.59. The summed E-state index contributed by atoms with van der Waals surface area (Å²) in [7, 11) is 0. The van der Waals surface area contributed by atoms with Gasteiger partial charge in [0.1, 0.15) is 0 Å². The van der Waals surface area contributed by atoms with Crippen molar-refractivity contribution in [2.24, 2.45) is 0 Å². The zero-order chi connectivity index (χ0) is 23.1. The van der Waals surface area contributed by atoms with Crippen LogP contribution in [0.4, 0.5) is 11.4 Å². The molecule has 0 spiro atoms. The van der Waals surface area contributed by atoms with E-state index in [4.69, 9.17) is 0 Å². The summed E-state index contributed by atoms with van der Waals surface area (Å²) >= 11 is 0. The van der Waals surface area contributed by atoms with Gasteiger partial charge in [0.05, 0.1) is 5.69 Å². The molecule has 0 unspecified atom stereocenters. The van der Waals surface area contributed by atoms with E-state index in [0.29, 0.717) is 0 Å². The summed E-state index contributed by atoms with van der Waals surface area (Å²) in [4.78, 5) is 7.02. The van der Waals surface area contributed by atoms with Gasteiger partial charge in [-0.3, -0.25) is 9.88 Å². The van der Waals surface area contributed by atoms with Crippen LogP contribution in [0, 0.1) is 41.5 Å². The summed E-state index contributed by atoms with van der Waals surface area (Å²) in [6.07, 6.45) is 1.88. The van der Waals surface area contributed by atoms with Crippen LogP contribution in [0.3, 0.4) is 0 Å². The predicted molar refractivity (Wildman–Crippen MR) is 138 cm³/mol. The van der Waals surface area contributed by atoms with Gasteiger partial charge in [0.2, 0.25) is 0 Å². The van der Waals surface area contributed by atoms with Gasteiger partial charge >= 0.3 is 0 Å². The summed E-state index contributed by atoms with van der Waals surface area (Å²) in [6.45, 7) is 17.6. The average molecular weight is 486 g/mol. The second kappa shape index (κ2) is 12.8. The van der Waals surface area contributed by atoms with E-state index >= 15 is 0 Å². The number of rotatable bonds is 10. The summed E-state index contributed by atoms with van der Waals surface area (Å²) in [5, 5.41) is 7.35. The molecule has 0 atom stereocenters. The first kappa shape index (κ1) is 26.9. The number of aromatic nitrogens is 1. The number of aryl methyl sites for hydroxylation is 6. The average Bonchev–Trinajstić information content (AvgIpc) is 2.72. The minimum atomic E-state index is 0. The zero-order valence-corrected chi connectivity index (χ0v) is 22.1. The van der Waals surface area contributed by atoms with Crippen LogP contribution in [0.5, 0.6) is 0 Å². The number of hydrogen-bond acceptors (Lipinski definition) is 4. The maximum absolute atomic E-state index is 4.54. The summed E-state index contributed by atoms with van der Waals surface area (Å²) < 4.78 is 0. The first-order chi connectivity index (χ1) is 15.3. The maximum Gasteiger partial charge on any atom is 0.0543 e. The number of anilines is 2. The number of hydrogen-bond donors (Lipinski definition) is 2. The fraction of sp³-hybridized carbons (Fsp3) is 0.393. The number of nitrogens with zero attached hydrogens (tertiary/aromatic N) is 2. The molecule has 2 aromatic carbocycles. The van der Waals surface area contributed by atoms with Crippen LogP contribution in [0.15, 0.2) is 48.7 Å². The van der Waals surface area contributed by atoms with Crippen LogP contribution in [-0.2, 0) is 23.6 Å². The normalized spacial score (nSPS) is 10.8. The van der Waals surface area contributed by atoms with Gasteiger partial charge in [0.15, 0.2) is 0 Å². The molecule has 3 rings (SSSR count). The third kappa shape index (κ3) is 7.89. The van der Waals surface area contributed by atoms with Crippen molar-refractivity contribution in [2.45, 2.75) is 48.1 Å². The first-order valence-electron chi connectivity index (χ1n) is 11.6. The van der Waals surface area contributed by atoms with Gasteiger partial charge in [-0.05, 0) is 75.9 Å². The summed E-state index contributed by atoms with van der Waals surface area (Å²) in [5.41, 5.74) is 11.5. The Labute approximate surface area is 210 Å². The minimum Gasteiger partial charge on any atom is -0.383 e. The Morgan fingerprint density at radius 2 is 1.15 bits per heavy atom. The Morgan fingerprint density at radius 1 is 0.697 bits per heavy atom. The van der Waals surface area contributed by atoms with Gasteiger partial charge in [-0.2, -0.15) is 0 Å². The van der Waals surface area contributed by atoms with Crippen LogP contribution in [0.1, 0.15) is 39.1 Å². The van der Waals surface area contributed by atoms with Crippen molar-refractivity contribution in [1.82, 2.24) is 9.88 Å². The fourth-order valence-corrected chi connectivity index (χ4v) is 4.59. The number of pyridine rings is 1. The topological polar surface area (TPSA) is 40.2 Å². The molecule has 1 heterocycles. The molecule has 1 aromatic heterocycles. The molecule has 0 amide bonds. The molecule has 177 valence electrons. The summed E-state index contributed by atoms with van der Waals surface area (Å²) in [6, 6.07) is 15.1. The van der Waals surface area contributed by atoms with Gasteiger partial charge < -0.3 is 10.6 Å². The smallest absolute Gasteiger partial charge is 0.0543 e. The largest absolute Gasteiger partial charge is 0.383 e. The van der Waals surface area contributed by atoms with Crippen LogP contribution in [0.25, 0.3) is 0 Å². The van der Waals surface area contributed by atoms with E-state index in [2.05, 4.69) is 98.5 Å². The molecule has 0 aliphatic rings. The Kier molecular flexibility index (Phi) is 10.4. The second-order valence-corrected chi connectivity index (χ2v) is 9.00. The molecule has 5 heteroatoms. The SMILES string of the molecule is Cc1cc(C)c(NCCN(CCNc2c(C)cc(C)cc2C)Cc2ccccn2)c(C)c1.[Mn]. The van der Waals surface area contributed by atoms with Crippen molar-refractivity contribution in [3.05, 3.63) is 87.7 Å². The second-order valence-electron chi connectivity index (χ2n) is 9.00. The van der Waals surface area contributed by atoms with Gasteiger partial charge in [-0.25, -0.2) is 0 Å². The van der Waals surface area contributed by atoms with E-state index in [0.717, 1.165) is 38.4 Å². The standard InChI is InChI=1S/C28H38N4.Mn/c1-20-15-22(3)27(23(4)16-20)30-11-13-32(19-26-9-7-8-10-29-26)14-12-31-28-24(5)17-21(2)18-25(28)6;/h7-10,15-18,30-31H,11-14,19H2,1-6H3;. The molecular formula is C28H38MnN4. The Morgan fingerprint density at radius 3 is 1.55 bits per heavy atom. The predicted octanol–water partition coefficient (Wildman–Crippen LogP) is 5.96. The van der Waals surface area contributed by atoms with Crippen molar-refractivity contribution in [1.29, 1.82) is 0 Å². The third-order valence-electron chi connectivity index (χ3n) is 5.93. The van der Waals surface area contributed by atoms with E-state index in [-0.39, 0.29) is 17.1 Å². The number of nitrogens with one attached hydrogen (secondary N) is 2. The zero-order valence-electron chi connectivity index (χ0n) is 20.9. The van der Waals surface area contributed by atoms with Crippen LogP contribution in [-0.4, -0.2) is 36.1 Å². The first-order valence-corrected chi connectivity index (χ1v) is 11.6. The van der Waals surface area contributed by atoms with E-state index in [1.54, 1.807) is 0 Å². The van der Waals surface area contributed by atoms with E-state index in [9.17, 15) is 0 Å². The van der Waals surface area contributed by atoms with Crippen molar-refractivity contribution in [3.63, 3.8) is 0 Å². The van der Waals surface area contributed by atoms with E-state index < -0.39 is 0 Å². The van der Waals surface area contributed by atoms with Crippen molar-refractivity contribution >= 4 is 11.4 Å². The third-order valence-corrected chi connectivity index (χ3v) is 5.93. The van der Waals surface area contributed by atoms with Crippen molar-refractivity contribution in [3.8, 4) is 0 Å². The van der Waals surface area contributed by atoms with Crippen LogP contribution in [0.2, 0.25) is 0 Å². The van der Waals surface area contributed by atoms with Crippen molar-refractivity contribution < 1.29 is 17.1 Å². The van der Waals surface area contributed by atoms with E-state index in [1.807, 2.05) is 12.3 Å². The molecule has 0 saturated heterocycles. The molecule has 4 nitrogen and oxygen atoms in total. The van der Waals surface area contributed by atoms with Crippen LogP contribution >= 0.6 is 0 Å². The Hall–Kier alpha value is -2.33. The van der Waals surface area contributed by atoms with Gasteiger partial charge in [0, 0.05) is 67.4 Å². The molecule has 0 fully saturated rings. The monoisotopic (exact) mass is 485 g/mol. The molecule has 33 heavy (non-hydrogen) atoms. The molecule has 3 aromatic rings.